The Morgan fingerprint density at radius 3 is 2.68 bits per heavy atom. The molecule has 31 heavy (non-hydrogen) atoms. The van der Waals surface area contributed by atoms with Crippen LogP contribution < -0.4 is 10.9 Å². The number of benzene rings is 1. The first-order valence-corrected chi connectivity index (χ1v) is 11.7. The summed E-state index contributed by atoms with van der Waals surface area (Å²) >= 11 is 0. The van der Waals surface area contributed by atoms with Crippen LogP contribution in [0.5, 0.6) is 0 Å². The van der Waals surface area contributed by atoms with Gasteiger partial charge in [0.1, 0.15) is 5.82 Å². The van der Waals surface area contributed by atoms with Crippen LogP contribution in [0, 0.1) is 19.8 Å². The van der Waals surface area contributed by atoms with Crippen molar-refractivity contribution in [1.82, 2.24) is 10.1 Å². The minimum Gasteiger partial charge on any atom is -0.383 e. The van der Waals surface area contributed by atoms with Gasteiger partial charge in [-0.15, -0.1) is 0 Å². The molecule has 4 rings (SSSR count). The van der Waals surface area contributed by atoms with E-state index in [4.69, 9.17) is 20.1 Å². The smallest absolute Gasteiger partial charge is 0.238 e. The lowest BCUT2D eigenvalue weighted by Crippen LogP contribution is -2.22. The van der Waals surface area contributed by atoms with Gasteiger partial charge in [0, 0.05) is 31.0 Å². The van der Waals surface area contributed by atoms with Crippen molar-refractivity contribution in [1.29, 1.82) is 0 Å². The summed E-state index contributed by atoms with van der Waals surface area (Å²) < 4.78 is 35.8. The average Bonchev–Trinajstić information content (AvgIpc) is 3.15. The molecular weight excluding hydrogens is 416 g/mol. The largest absolute Gasteiger partial charge is 0.383 e. The predicted molar refractivity (Wildman–Crippen MR) is 118 cm³/mol. The van der Waals surface area contributed by atoms with Crippen molar-refractivity contribution in [3.05, 3.63) is 47.3 Å². The molecule has 1 aliphatic rings. The molecule has 0 spiro atoms. The summed E-state index contributed by atoms with van der Waals surface area (Å²) in [6, 6.07) is 6.99. The molecule has 8 nitrogen and oxygen atoms in total. The van der Waals surface area contributed by atoms with E-state index in [0.717, 1.165) is 41.8 Å². The zero-order valence-electron chi connectivity index (χ0n) is 17.6. The van der Waals surface area contributed by atoms with Gasteiger partial charge in [-0.05, 0) is 67.9 Å². The predicted octanol–water partition coefficient (Wildman–Crippen LogP) is 3.22. The van der Waals surface area contributed by atoms with Crippen molar-refractivity contribution >= 4 is 15.8 Å². The first-order chi connectivity index (χ1) is 14.7. The lowest BCUT2D eigenvalue weighted by Gasteiger charge is -2.25. The van der Waals surface area contributed by atoms with Gasteiger partial charge in [-0.2, -0.15) is 0 Å². The van der Waals surface area contributed by atoms with E-state index in [2.05, 4.69) is 10.1 Å². The second-order valence-corrected chi connectivity index (χ2v) is 9.59. The highest BCUT2D eigenvalue weighted by molar-refractivity contribution is 7.89. The van der Waals surface area contributed by atoms with Crippen LogP contribution in [0.3, 0.4) is 0 Å². The van der Waals surface area contributed by atoms with E-state index in [-0.39, 0.29) is 10.8 Å². The Bertz CT molecular complexity index is 1210. The molecule has 0 amide bonds. The Hall–Kier alpha value is -2.75. The van der Waals surface area contributed by atoms with Gasteiger partial charge in [0.05, 0.1) is 16.2 Å². The number of anilines is 1. The Morgan fingerprint density at radius 2 is 2.03 bits per heavy atom. The second kappa shape index (κ2) is 8.41. The van der Waals surface area contributed by atoms with Crippen molar-refractivity contribution in [3.8, 4) is 22.5 Å². The first-order valence-electron chi connectivity index (χ1n) is 10.2. The van der Waals surface area contributed by atoms with Gasteiger partial charge in [-0.25, -0.2) is 18.5 Å². The highest BCUT2D eigenvalue weighted by Gasteiger charge is 2.25. The van der Waals surface area contributed by atoms with Gasteiger partial charge in [0.25, 0.3) is 0 Å². The molecule has 4 N–H and O–H groups in total. The van der Waals surface area contributed by atoms with E-state index in [1.54, 1.807) is 24.4 Å². The van der Waals surface area contributed by atoms with E-state index < -0.39 is 10.0 Å². The summed E-state index contributed by atoms with van der Waals surface area (Å²) in [5, 5.41) is 9.52. The lowest BCUT2D eigenvalue weighted by atomic mass is 9.87. The van der Waals surface area contributed by atoms with E-state index in [9.17, 15) is 8.42 Å². The van der Waals surface area contributed by atoms with E-state index in [0.29, 0.717) is 35.7 Å². The standard InChI is InChI=1S/C22H26N4O4S/c1-13-5-6-20(31(24,27)28)18(9-15-4-3-7-29-12-15)21(13)16-10-17(22(23)25-11-16)19-8-14(2)26-30-19/h5-6,8,10-11,15H,3-4,7,9,12H2,1-2H3,(H2,23,25)(H2,24,27,28). The molecule has 1 saturated heterocycles. The number of hydrogen-bond acceptors (Lipinski definition) is 7. The van der Waals surface area contributed by atoms with Crippen LogP contribution in [0.1, 0.15) is 29.7 Å². The minimum atomic E-state index is -3.91. The van der Waals surface area contributed by atoms with Crippen LogP contribution in [0.2, 0.25) is 0 Å². The molecule has 2 aromatic heterocycles. The Balaban J connectivity index is 1.89. The van der Waals surface area contributed by atoms with Crippen molar-refractivity contribution in [2.75, 3.05) is 18.9 Å². The molecule has 1 aliphatic heterocycles. The molecule has 3 heterocycles. The van der Waals surface area contributed by atoms with Crippen LogP contribution in [-0.2, 0) is 21.2 Å². The number of hydrogen-bond donors (Lipinski definition) is 2. The summed E-state index contributed by atoms with van der Waals surface area (Å²) in [7, 11) is -3.91. The number of nitrogens with two attached hydrogens (primary N) is 2. The Kier molecular flexibility index (Phi) is 5.83. The zero-order chi connectivity index (χ0) is 22.2. The summed E-state index contributed by atoms with van der Waals surface area (Å²) in [6.45, 7) is 5.10. The highest BCUT2D eigenvalue weighted by atomic mass is 32.2. The molecule has 0 saturated carbocycles. The molecule has 164 valence electrons. The molecule has 0 bridgehead atoms. The molecule has 1 aromatic carbocycles. The molecular formula is C22H26N4O4S. The number of primary sulfonamides is 1. The molecule has 1 fully saturated rings. The number of aromatic nitrogens is 2. The number of sulfonamides is 1. The molecule has 3 aromatic rings. The zero-order valence-corrected chi connectivity index (χ0v) is 18.4. The number of pyridine rings is 1. The second-order valence-electron chi connectivity index (χ2n) is 8.06. The fraction of sp³-hybridized carbons (Fsp3) is 0.364. The van der Waals surface area contributed by atoms with Crippen LogP contribution in [-0.4, -0.2) is 31.8 Å². The summed E-state index contributed by atoms with van der Waals surface area (Å²) in [5.41, 5.74) is 10.6. The molecule has 9 heteroatoms. The van der Waals surface area contributed by atoms with Crippen LogP contribution >= 0.6 is 0 Å². The van der Waals surface area contributed by atoms with Crippen LogP contribution in [0.25, 0.3) is 22.5 Å². The third-order valence-electron chi connectivity index (χ3n) is 5.63. The monoisotopic (exact) mass is 442 g/mol. The number of ether oxygens (including phenoxy) is 1. The van der Waals surface area contributed by atoms with Crippen molar-refractivity contribution < 1.29 is 17.7 Å². The minimum absolute atomic E-state index is 0.132. The average molecular weight is 443 g/mol. The van der Waals surface area contributed by atoms with Crippen molar-refractivity contribution in [2.24, 2.45) is 11.1 Å². The normalized spacial score (nSPS) is 17.1. The van der Waals surface area contributed by atoms with Crippen molar-refractivity contribution in [3.63, 3.8) is 0 Å². The fourth-order valence-electron chi connectivity index (χ4n) is 4.17. The maximum Gasteiger partial charge on any atom is 0.238 e. The van der Waals surface area contributed by atoms with E-state index >= 15 is 0 Å². The summed E-state index contributed by atoms with van der Waals surface area (Å²) in [6.07, 6.45) is 4.12. The van der Waals surface area contributed by atoms with Gasteiger partial charge in [-0.3, -0.25) is 0 Å². The maximum atomic E-state index is 12.4. The number of nitrogens with zero attached hydrogens (tertiary/aromatic N) is 2. The Morgan fingerprint density at radius 1 is 1.23 bits per heavy atom. The van der Waals surface area contributed by atoms with E-state index in [1.807, 2.05) is 19.9 Å². The first kappa shape index (κ1) is 21.5. The molecule has 1 unspecified atom stereocenters. The fourth-order valence-corrected chi connectivity index (χ4v) is 4.96. The number of rotatable bonds is 5. The van der Waals surface area contributed by atoms with Gasteiger partial charge in [0.15, 0.2) is 5.76 Å². The highest BCUT2D eigenvalue weighted by Crippen LogP contribution is 2.37. The topological polar surface area (TPSA) is 134 Å². The maximum absolute atomic E-state index is 12.4. The number of nitrogen functional groups attached to an aromatic ring is 1. The van der Waals surface area contributed by atoms with Gasteiger partial charge >= 0.3 is 0 Å². The summed E-state index contributed by atoms with van der Waals surface area (Å²) in [5.74, 6) is 1.03. The summed E-state index contributed by atoms with van der Waals surface area (Å²) in [4.78, 5) is 4.48. The Labute approximate surface area is 181 Å². The number of aryl methyl sites for hydroxylation is 2. The van der Waals surface area contributed by atoms with E-state index in [1.165, 1.54) is 0 Å². The lowest BCUT2D eigenvalue weighted by molar-refractivity contribution is 0.0548. The van der Waals surface area contributed by atoms with Gasteiger partial charge in [0.2, 0.25) is 10.0 Å². The third-order valence-corrected chi connectivity index (χ3v) is 6.63. The third kappa shape index (κ3) is 4.48. The molecule has 0 aliphatic carbocycles. The van der Waals surface area contributed by atoms with Crippen LogP contribution in [0.4, 0.5) is 5.82 Å². The molecule has 1 atom stereocenters. The SMILES string of the molecule is Cc1cc(-c2cc(-c3c(C)ccc(S(N)(=O)=O)c3CC3CCCOC3)cnc2N)on1. The van der Waals surface area contributed by atoms with Crippen molar-refractivity contribution in [2.45, 2.75) is 38.0 Å². The molecule has 0 radical (unpaired) electrons. The quantitative estimate of drug-likeness (QED) is 0.619. The van der Waals surface area contributed by atoms with Gasteiger partial charge < -0.3 is 15.0 Å². The van der Waals surface area contributed by atoms with Crippen LogP contribution in [0.15, 0.2) is 39.9 Å². The van der Waals surface area contributed by atoms with Gasteiger partial charge in [-0.1, -0.05) is 11.2 Å².